The summed E-state index contributed by atoms with van der Waals surface area (Å²) < 4.78 is 5.05. The fourth-order valence-corrected chi connectivity index (χ4v) is 1.87. The van der Waals surface area contributed by atoms with Crippen LogP contribution in [-0.4, -0.2) is 23.4 Å². The highest BCUT2D eigenvalue weighted by Crippen LogP contribution is 2.40. The highest BCUT2D eigenvalue weighted by atomic mass is 35.5. The van der Waals surface area contributed by atoms with Gasteiger partial charge in [0.15, 0.2) is 0 Å². The van der Waals surface area contributed by atoms with Gasteiger partial charge in [-0.3, -0.25) is 0 Å². The van der Waals surface area contributed by atoms with Crippen LogP contribution in [0.25, 0.3) is 0 Å². The molecule has 16 heavy (non-hydrogen) atoms. The van der Waals surface area contributed by atoms with Crippen LogP contribution >= 0.6 is 11.6 Å². The van der Waals surface area contributed by atoms with Crippen molar-refractivity contribution in [3.8, 4) is 11.5 Å². The molecule has 0 heterocycles. The summed E-state index contributed by atoms with van der Waals surface area (Å²) in [6.07, 6.45) is -0.956. The normalized spacial score (nSPS) is 14.6. The monoisotopic (exact) mass is 245 g/mol. The summed E-state index contributed by atoms with van der Waals surface area (Å²) in [4.78, 5) is 0. The van der Waals surface area contributed by atoms with Gasteiger partial charge in [0, 0.05) is 17.2 Å². The minimum absolute atomic E-state index is 0.0361. The second kappa shape index (κ2) is 4.91. The average molecular weight is 246 g/mol. The highest BCUT2D eigenvalue weighted by molar-refractivity contribution is 6.32. The molecule has 0 bridgehead atoms. The Balaban J connectivity index is 3.34. The second-order valence-electron chi connectivity index (χ2n) is 3.76. The number of rotatable bonds is 3. The molecule has 0 saturated heterocycles. The molecule has 1 aromatic rings. The van der Waals surface area contributed by atoms with E-state index in [-0.39, 0.29) is 5.75 Å². The number of hydrogen-bond acceptors (Lipinski definition) is 4. The molecule has 0 spiro atoms. The maximum atomic E-state index is 9.90. The molecule has 0 aliphatic rings. The van der Waals surface area contributed by atoms with Crippen molar-refractivity contribution in [1.82, 2.24) is 0 Å². The lowest BCUT2D eigenvalue weighted by molar-refractivity contribution is 0.149. The van der Waals surface area contributed by atoms with Crippen molar-refractivity contribution >= 4 is 11.6 Å². The van der Waals surface area contributed by atoms with Gasteiger partial charge in [0.2, 0.25) is 0 Å². The maximum Gasteiger partial charge on any atom is 0.144 e. The molecule has 0 radical (unpaired) electrons. The molecule has 0 aliphatic heterocycles. The van der Waals surface area contributed by atoms with Crippen LogP contribution in [0.3, 0.4) is 0 Å². The van der Waals surface area contributed by atoms with E-state index >= 15 is 0 Å². The van der Waals surface area contributed by atoms with Crippen LogP contribution in [0.5, 0.6) is 11.5 Å². The molecular formula is C11H16ClNO3. The summed E-state index contributed by atoms with van der Waals surface area (Å²) in [6.45, 7) is 3.31. The SMILES string of the molecule is COc1c(Cl)cc(C(O)C(C)N)c(O)c1C. The van der Waals surface area contributed by atoms with Crippen LogP contribution in [0, 0.1) is 6.92 Å². The Hall–Kier alpha value is -0.970. The summed E-state index contributed by atoms with van der Waals surface area (Å²) in [7, 11) is 1.47. The van der Waals surface area contributed by atoms with Crippen LogP contribution in [0.4, 0.5) is 0 Å². The summed E-state index contributed by atoms with van der Waals surface area (Å²) in [5.41, 5.74) is 6.38. The Bertz CT molecular complexity index is 393. The Morgan fingerprint density at radius 1 is 1.50 bits per heavy atom. The zero-order valence-electron chi connectivity index (χ0n) is 9.49. The number of aromatic hydroxyl groups is 1. The lowest BCUT2D eigenvalue weighted by Gasteiger charge is -2.19. The minimum atomic E-state index is -0.956. The molecule has 0 amide bonds. The summed E-state index contributed by atoms with van der Waals surface area (Å²) in [5, 5.41) is 20.0. The van der Waals surface area contributed by atoms with Crippen molar-refractivity contribution in [2.45, 2.75) is 26.0 Å². The van der Waals surface area contributed by atoms with Gasteiger partial charge in [-0.05, 0) is 19.9 Å². The van der Waals surface area contributed by atoms with Crippen molar-refractivity contribution in [1.29, 1.82) is 0 Å². The third-order valence-electron chi connectivity index (χ3n) is 2.49. The standard InChI is InChI=1S/C11H16ClNO3/c1-5-9(14)7(10(15)6(2)13)4-8(12)11(5)16-3/h4,6,10,14-15H,13H2,1-3H3. The summed E-state index contributed by atoms with van der Waals surface area (Å²) in [5.74, 6) is 0.367. The predicted molar refractivity (Wildman–Crippen MR) is 63.0 cm³/mol. The number of benzene rings is 1. The average Bonchev–Trinajstić information content (AvgIpc) is 2.23. The maximum absolute atomic E-state index is 9.90. The van der Waals surface area contributed by atoms with Gasteiger partial charge < -0.3 is 20.7 Å². The number of halogens is 1. The summed E-state index contributed by atoms with van der Waals surface area (Å²) in [6, 6.07) is 0.978. The Morgan fingerprint density at radius 3 is 2.50 bits per heavy atom. The molecule has 5 heteroatoms. The van der Waals surface area contributed by atoms with Crippen LogP contribution in [0.1, 0.15) is 24.2 Å². The van der Waals surface area contributed by atoms with E-state index in [2.05, 4.69) is 0 Å². The van der Waals surface area contributed by atoms with E-state index in [1.165, 1.54) is 13.2 Å². The first kappa shape index (κ1) is 13.1. The number of nitrogens with two attached hydrogens (primary N) is 1. The molecule has 4 nitrogen and oxygen atoms in total. The molecule has 1 aromatic carbocycles. The first-order valence-corrected chi connectivity index (χ1v) is 5.27. The lowest BCUT2D eigenvalue weighted by atomic mass is 10.00. The van der Waals surface area contributed by atoms with E-state index in [0.29, 0.717) is 21.9 Å². The van der Waals surface area contributed by atoms with E-state index < -0.39 is 12.1 Å². The molecule has 90 valence electrons. The predicted octanol–water partition coefficient (Wildman–Crippen LogP) is 1.74. The highest BCUT2D eigenvalue weighted by Gasteiger charge is 2.21. The summed E-state index contributed by atoms with van der Waals surface area (Å²) >= 11 is 5.97. The van der Waals surface area contributed by atoms with E-state index in [1.807, 2.05) is 0 Å². The number of phenolic OH excluding ortho intramolecular Hbond substituents is 1. The molecule has 4 N–H and O–H groups in total. The van der Waals surface area contributed by atoms with Crippen LogP contribution in [0.15, 0.2) is 6.07 Å². The topological polar surface area (TPSA) is 75.7 Å². The van der Waals surface area contributed by atoms with E-state index in [4.69, 9.17) is 22.1 Å². The molecule has 1 rings (SSSR count). The van der Waals surface area contributed by atoms with Gasteiger partial charge in [-0.2, -0.15) is 0 Å². The fraction of sp³-hybridized carbons (Fsp3) is 0.455. The Kier molecular flexibility index (Phi) is 4.02. The minimum Gasteiger partial charge on any atom is -0.507 e. The number of aliphatic hydroxyl groups excluding tert-OH is 1. The second-order valence-corrected chi connectivity index (χ2v) is 4.17. The number of aliphatic hydroxyl groups is 1. The third-order valence-corrected chi connectivity index (χ3v) is 2.77. The first-order valence-electron chi connectivity index (χ1n) is 4.89. The van der Waals surface area contributed by atoms with Crippen LogP contribution in [-0.2, 0) is 0 Å². The number of methoxy groups -OCH3 is 1. The Morgan fingerprint density at radius 2 is 2.06 bits per heavy atom. The van der Waals surface area contributed by atoms with Gasteiger partial charge in [-0.25, -0.2) is 0 Å². The van der Waals surface area contributed by atoms with Crippen LogP contribution in [0.2, 0.25) is 5.02 Å². The van der Waals surface area contributed by atoms with E-state index in [0.717, 1.165) is 0 Å². The van der Waals surface area contributed by atoms with Crippen molar-refractivity contribution < 1.29 is 14.9 Å². The number of phenols is 1. The van der Waals surface area contributed by atoms with Crippen molar-refractivity contribution in [2.24, 2.45) is 5.73 Å². The largest absolute Gasteiger partial charge is 0.507 e. The van der Waals surface area contributed by atoms with Crippen molar-refractivity contribution in [2.75, 3.05) is 7.11 Å². The van der Waals surface area contributed by atoms with Crippen molar-refractivity contribution in [3.63, 3.8) is 0 Å². The molecule has 0 saturated carbocycles. The Labute approximate surface area is 99.6 Å². The van der Waals surface area contributed by atoms with Crippen molar-refractivity contribution in [3.05, 3.63) is 22.2 Å². The molecule has 0 aliphatic carbocycles. The lowest BCUT2D eigenvalue weighted by Crippen LogP contribution is -2.24. The molecular weight excluding hydrogens is 230 g/mol. The van der Waals surface area contributed by atoms with E-state index in [9.17, 15) is 10.2 Å². The molecule has 2 unspecified atom stereocenters. The van der Waals surface area contributed by atoms with E-state index in [1.54, 1.807) is 13.8 Å². The number of ether oxygens (including phenoxy) is 1. The van der Waals surface area contributed by atoms with Gasteiger partial charge in [-0.1, -0.05) is 11.6 Å². The molecule has 2 atom stereocenters. The van der Waals surface area contributed by atoms with Gasteiger partial charge in [0.05, 0.1) is 18.2 Å². The smallest absolute Gasteiger partial charge is 0.144 e. The van der Waals surface area contributed by atoms with Gasteiger partial charge in [0.1, 0.15) is 11.5 Å². The van der Waals surface area contributed by atoms with Gasteiger partial charge in [-0.15, -0.1) is 0 Å². The zero-order chi connectivity index (χ0) is 12.5. The fourth-order valence-electron chi connectivity index (χ4n) is 1.53. The third kappa shape index (κ3) is 2.24. The zero-order valence-corrected chi connectivity index (χ0v) is 10.2. The van der Waals surface area contributed by atoms with Gasteiger partial charge in [0.25, 0.3) is 0 Å². The van der Waals surface area contributed by atoms with Crippen LogP contribution < -0.4 is 10.5 Å². The molecule has 0 aromatic heterocycles. The molecule has 0 fully saturated rings. The first-order chi connectivity index (χ1) is 7.40. The number of hydrogen-bond donors (Lipinski definition) is 3. The van der Waals surface area contributed by atoms with Gasteiger partial charge >= 0.3 is 0 Å². The quantitative estimate of drug-likeness (QED) is 0.758.